The average molecular weight is 341 g/mol. The number of anilines is 1. The van der Waals surface area contributed by atoms with Crippen LogP contribution in [0.1, 0.15) is 41.6 Å². The van der Waals surface area contributed by atoms with Crippen LogP contribution in [0, 0.1) is 6.92 Å². The molecule has 1 saturated heterocycles. The number of aromatic amines is 1. The molecule has 7 heteroatoms. The number of carbonyl (C=O) groups is 1. The SMILES string of the molecule is Cc1cc(N2CCN(C(=O)c3ccc(=O)[nH]c3)CC2)nc(C(C)C)n1. The van der Waals surface area contributed by atoms with Gasteiger partial charge < -0.3 is 14.8 Å². The Labute approximate surface area is 146 Å². The highest BCUT2D eigenvalue weighted by molar-refractivity contribution is 5.94. The van der Waals surface area contributed by atoms with Crippen molar-refractivity contribution in [3.8, 4) is 0 Å². The summed E-state index contributed by atoms with van der Waals surface area (Å²) in [5.74, 6) is 1.99. The molecule has 1 fully saturated rings. The van der Waals surface area contributed by atoms with Gasteiger partial charge >= 0.3 is 0 Å². The van der Waals surface area contributed by atoms with Gasteiger partial charge in [-0.05, 0) is 13.0 Å². The Balaban J connectivity index is 1.68. The number of hydrogen-bond acceptors (Lipinski definition) is 5. The maximum atomic E-state index is 12.5. The van der Waals surface area contributed by atoms with Crippen LogP contribution in [0.25, 0.3) is 0 Å². The zero-order valence-electron chi connectivity index (χ0n) is 14.8. The smallest absolute Gasteiger partial charge is 0.255 e. The lowest BCUT2D eigenvalue weighted by atomic mass is 10.2. The molecule has 2 aromatic heterocycles. The van der Waals surface area contributed by atoms with Gasteiger partial charge in [-0.15, -0.1) is 0 Å². The first kappa shape index (κ1) is 17.1. The Morgan fingerprint density at radius 3 is 2.48 bits per heavy atom. The third-order valence-electron chi connectivity index (χ3n) is 4.30. The van der Waals surface area contributed by atoms with Crippen molar-refractivity contribution >= 4 is 11.7 Å². The van der Waals surface area contributed by atoms with Gasteiger partial charge in [0.2, 0.25) is 5.56 Å². The standard InChI is InChI=1S/C18H23N5O2/c1-12(2)17-20-13(3)10-15(21-17)22-6-8-23(9-7-22)18(25)14-4-5-16(24)19-11-14/h4-5,10-12H,6-9H2,1-3H3,(H,19,24). The maximum absolute atomic E-state index is 12.5. The second-order valence-corrected chi connectivity index (χ2v) is 6.60. The van der Waals surface area contributed by atoms with Crippen molar-refractivity contribution in [2.45, 2.75) is 26.7 Å². The molecule has 0 aliphatic carbocycles. The summed E-state index contributed by atoms with van der Waals surface area (Å²) in [5, 5.41) is 0. The first-order valence-electron chi connectivity index (χ1n) is 8.52. The van der Waals surface area contributed by atoms with Crippen LogP contribution in [0.4, 0.5) is 5.82 Å². The molecular formula is C18H23N5O2. The highest BCUT2D eigenvalue weighted by Crippen LogP contribution is 2.19. The summed E-state index contributed by atoms with van der Waals surface area (Å²) >= 11 is 0. The van der Waals surface area contributed by atoms with Gasteiger partial charge in [-0.25, -0.2) is 9.97 Å². The molecule has 0 unspecified atom stereocenters. The van der Waals surface area contributed by atoms with Crippen LogP contribution < -0.4 is 10.5 Å². The van der Waals surface area contributed by atoms with E-state index in [1.54, 1.807) is 6.07 Å². The van der Waals surface area contributed by atoms with Crippen LogP contribution in [0.3, 0.4) is 0 Å². The number of amides is 1. The minimum Gasteiger partial charge on any atom is -0.353 e. The summed E-state index contributed by atoms with van der Waals surface area (Å²) in [6, 6.07) is 4.93. The minimum absolute atomic E-state index is 0.0577. The molecule has 132 valence electrons. The van der Waals surface area contributed by atoms with E-state index in [-0.39, 0.29) is 17.4 Å². The van der Waals surface area contributed by atoms with Crippen molar-refractivity contribution in [3.05, 3.63) is 51.8 Å². The van der Waals surface area contributed by atoms with Gasteiger partial charge in [0.1, 0.15) is 11.6 Å². The van der Waals surface area contributed by atoms with Gasteiger partial charge in [0.15, 0.2) is 0 Å². The number of aromatic nitrogens is 3. The normalized spacial score (nSPS) is 14.9. The Kier molecular flexibility index (Phi) is 4.83. The third-order valence-corrected chi connectivity index (χ3v) is 4.30. The van der Waals surface area contributed by atoms with E-state index in [1.165, 1.54) is 12.3 Å². The molecule has 0 saturated carbocycles. The fourth-order valence-electron chi connectivity index (χ4n) is 2.86. The first-order valence-corrected chi connectivity index (χ1v) is 8.52. The molecule has 0 bridgehead atoms. The number of rotatable bonds is 3. The molecule has 0 radical (unpaired) electrons. The quantitative estimate of drug-likeness (QED) is 0.916. The maximum Gasteiger partial charge on any atom is 0.255 e. The Hall–Kier alpha value is -2.70. The molecule has 25 heavy (non-hydrogen) atoms. The van der Waals surface area contributed by atoms with Crippen molar-refractivity contribution in [1.29, 1.82) is 0 Å². The molecule has 1 aliphatic heterocycles. The number of piperazine rings is 1. The number of nitrogens with zero attached hydrogens (tertiary/aromatic N) is 4. The van der Waals surface area contributed by atoms with Gasteiger partial charge in [0.05, 0.1) is 5.56 Å². The van der Waals surface area contributed by atoms with E-state index >= 15 is 0 Å². The largest absolute Gasteiger partial charge is 0.353 e. The minimum atomic E-state index is -0.207. The van der Waals surface area contributed by atoms with E-state index in [9.17, 15) is 9.59 Å². The number of pyridine rings is 1. The molecule has 3 rings (SSSR count). The number of H-pyrrole nitrogens is 1. The van der Waals surface area contributed by atoms with Crippen LogP contribution >= 0.6 is 0 Å². The van der Waals surface area contributed by atoms with Crippen LogP contribution in [0.2, 0.25) is 0 Å². The second-order valence-electron chi connectivity index (χ2n) is 6.60. The highest BCUT2D eigenvalue weighted by Gasteiger charge is 2.23. The fraction of sp³-hybridized carbons (Fsp3) is 0.444. The summed E-state index contributed by atoms with van der Waals surface area (Å²) in [5.41, 5.74) is 1.26. The Bertz CT molecular complexity index is 802. The van der Waals surface area contributed by atoms with E-state index in [0.29, 0.717) is 18.7 Å². The first-order chi connectivity index (χ1) is 11.9. The van der Waals surface area contributed by atoms with E-state index in [4.69, 9.17) is 0 Å². The van der Waals surface area contributed by atoms with Crippen LogP contribution in [0.15, 0.2) is 29.2 Å². The predicted octanol–water partition coefficient (Wildman–Crippen LogP) is 1.56. The molecule has 3 heterocycles. The molecule has 0 atom stereocenters. The lowest BCUT2D eigenvalue weighted by molar-refractivity contribution is 0.0746. The number of hydrogen-bond donors (Lipinski definition) is 1. The van der Waals surface area contributed by atoms with E-state index < -0.39 is 0 Å². The van der Waals surface area contributed by atoms with E-state index in [2.05, 4.69) is 33.7 Å². The van der Waals surface area contributed by atoms with E-state index in [1.807, 2.05) is 17.9 Å². The topological polar surface area (TPSA) is 82.2 Å². The van der Waals surface area contributed by atoms with Gasteiger partial charge in [-0.2, -0.15) is 0 Å². The van der Waals surface area contributed by atoms with Crippen molar-refractivity contribution in [2.24, 2.45) is 0 Å². The predicted molar refractivity (Wildman–Crippen MR) is 96.0 cm³/mol. The number of aryl methyl sites for hydroxylation is 1. The number of nitrogens with one attached hydrogen (secondary N) is 1. The van der Waals surface area contributed by atoms with E-state index in [0.717, 1.165) is 30.4 Å². The fourth-order valence-corrected chi connectivity index (χ4v) is 2.86. The lowest BCUT2D eigenvalue weighted by Crippen LogP contribution is -2.49. The molecule has 0 spiro atoms. The average Bonchev–Trinajstić information content (AvgIpc) is 2.61. The zero-order valence-corrected chi connectivity index (χ0v) is 14.8. The van der Waals surface area contributed by atoms with Gasteiger partial charge in [-0.3, -0.25) is 9.59 Å². The molecule has 7 nitrogen and oxygen atoms in total. The molecular weight excluding hydrogens is 318 g/mol. The second kappa shape index (κ2) is 7.04. The summed E-state index contributed by atoms with van der Waals surface area (Å²) in [6.45, 7) is 8.84. The third kappa shape index (κ3) is 3.87. The Morgan fingerprint density at radius 1 is 1.16 bits per heavy atom. The molecule has 2 aromatic rings. The Morgan fingerprint density at radius 2 is 1.88 bits per heavy atom. The summed E-state index contributed by atoms with van der Waals surface area (Å²) in [7, 11) is 0. The summed E-state index contributed by atoms with van der Waals surface area (Å²) in [4.78, 5) is 39.3. The highest BCUT2D eigenvalue weighted by atomic mass is 16.2. The summed E-state index contributed by atoms with van der Waals surface area (Å²) in [6.07, 6.45) is 1.47. The van der Waals surface area contributed by atoms with Crippen molar-refractivity contribution in [3.63, 3.8) is 0 Å². The molecule has 1 aliphatic rings. The van der Waals surface area contributed by atoms with Crippen LogP contribution in [0.5, 0.6) is 0 Å². The van der Waals surface area contributed by atoms with Crippen molar-refractivity contribution in [1.82, 2.24) is 19.9 Å². The number of carbonyl (C=O) groups excluding carboxylic acids is 1. The zero-order chi connectivity index (χ0) is 18.0. The lowest BCUT2D eigenvalue weighted by Gasteiger charge is -2.35. The van der Waals surface area contributed by atoms with Crippen molar-refractivity contribution < 1.29 is 4.79 Å². The van der Waals surface area contributed by atoms with Gasteiger partial charge in [0.25, 0.3) is 5.91 Å². The van der Waals surface area contributed by atoms with Gasteiger partial charge in [-0.1, -0.05) is 13.8 Å². The van der Waals surface area contributed by atoms with Gasteiger partial charge in [0, 0.05) is 56.1 Å². The van der Waals surface area contributed by atoms with Crippen LogP contribution in [-0.2, 0) is 0 Å². The monoisotopic (exact) mass is 341 g/mol. The van der Waals surface area contributed by atoms with Crippen molar-refractivity contribution in [2.75, 3.05) is 31.1 Å². The summed E-state index contributed by atoms with van der Waals surface area (Å²) < 4.78 is 0. The molecule has 0 aromatic carbocycles. The molecule has 1 N–H and O–H groups in total. The van der Waals surface area contributed by atoms with Crippen LogP contribution in [-0.4, -0.2) is 51.9 Å². The molecule has 1 amide bonds.